The summed E-state index contributed by atoms with van der Waals surface area (Å²) in [4.78, 5) is 19.0. The molecule has 1 aliphatic rings. The maximum Gasteiger partial charge on any atom is 0.234 e. The zero-order chi connectivity index (χ0) is 20.8. The van der Waals surface area contributed by atoms with Gasteiger partial charge in [-0.15, -0.1) is 5.10 Å². The van der Waals surface area contributed by atoms with E-state index in [1.54, 1.807) is 12.1 Å². The maximum atomic E-state index is 12.3. The molecule has 1 amide bonds. The Balaban J connectivity index is 1.25. The average molecular weight is 444 g/mol. The van der Waals surface area contributed by atoms with Crippen LogP contribution in [0, 0.1) is 0 Å². The number of carbonyl (C=O) groups is 1. The van der Waals surface area contributed by atoms with Crippen molar-refractivity contribution in [2.75, 3.05) is 37.4 Å². The van der Waals surface area contributed by atoms with Crippen LogP contribution in [0.1, 0.15) is 5.56 Å². The van der Waals surface area contributed by atoms with Gasteiger partial charge < -0.3 is 10.1 Å². The SMILES string of the molecule is O=C(CSc1n[nH]c(-c2ccc(Cl)cc2)n1)Nc1ccc(CN2CCOCC2)cc1. The van der Waals surface area contributed by atoms with Crippen LogP contribution in [0.4, 0.5) is 5.69 Å². The molecule has 30 heavy (non-hydrogen) atoms. The second kappa shape index (κ2) is 10.1. The molecule has 2 heterocycles. The minimum absolute atomic E-state index is 0.0984. The number of morpholine rings is 1. The Kier molecular flexibility index (Phi) is 7.01. The number of carbonyl (C=O) groups excluding carboxylic acids is 1. The number of ether oxygens (including phenoxy) is 1. The summed E-state index contributed by atoms with van der Waals surface area (Å²) in [7, 11) is 0. The van der Waals surface area contributed by atoms with Crippen molar-refractivity contribution in [2.24, 2.45) is 0 Å². The Morgan fingerprint density at radius 2 is 1.87 bits per heavy atom. The molecule has 0 saturated carbocycles. The normalized spacial score (nSPS) is 14.6. The molecule has 1 fully saturated rings. The van der Waals surface area contributed by atoms with Gasteiger partial charge in [-0.3, -0.25) is 14.8 Å². The molecule has 0 radical (unpaired) electrons. The van der Waals surface area contributed by atoms with Gasteiger partial charge in [-0.1, -0.05) is 35.5 Å². The van der Waals surface area contributed by atoms with Crippen LogP contribution in [0.15, 0.2) is 53.7 Å². The van der Waals surface area contributed by atoms with Gasteiger partial charge in [0, 0.05) is 35.9 Å². The minimum Gasteiger partial charge on any atom is -0.379 e. The van der Waals surface area contributed by atoms with Gasteiger partial charge >= 0.3 is 0 Å². The molecule has 4 rings (SSSR count). The number of halogens is 1. The second-order valence-corrected chi connectivity index (χ2v) is 8.27. The number of aromatic amines is 1. The van der Waals surface area contributed by atoms with Crippen molar-refractivity contribution in [3.63, 3.8) is 0 Å². The third kappa shape index (κ3) is 5.82. The Morgan fingerprint density at radius 3 is 2.60 bits per heavy atom. The molecular weight excluding hydrogens is 422 g/mol. The molecule has 2 N–H and O–H groups in total. The highest BCUT2D eigenvalue weighted by Crippen LogP contribution is 2.21. The molecule has 3 aromatic rings. The highest BCUT2D eigenvalue weighted by atomic mass is 35.5. The molecule has 0 bridgehead atoms. The van der Waals surface area contributed by atoms with E-state index in [-0.39, 0.29) is 11.7 Å². The first-order chi connectivity index (χ1) is 14.7. The highest BCUT2D eigenvalue weighted by Gasteiger charge is 2.12. The lowest BCUT2D eigenvalue weighted by Gasteiger charge is -2.26. The van der Waals surface area contributed by atoms with E-state index in [9.17, 15) is 4.79 Å². The standard InChI is InChI=1S/C21H22ClN5O2S/c22-17-5-3-16(4-6-17)20-24-21(26-25-20)30-14-19(28)23-18-7-1-15(2-8-18)13-27-9-11-29-12-10-27/h1-8H,9-14H2,(H,23,28)(H,24,25,26). The first-order valence-electron chi connectivity index (χ1n) is 9.66. The second-order valence-electron chi connectivity index (χ2n) is 6.90. The summed E-state index contributed by atoms with van der Waals surface area (Å²) in [6.45, 7) is 4.39. The zero-order valence-corrected chi connectivity index (χ0v) is 17.9. The van der Waals surface area contributed by atoms with Gasteiger partial charge in [0.15, 0.2) is 5.82 Å². The Hall–Kier alpha value is -2.39. The van der Waals surface area contributed by atoms with Gasteiger partial charge in [0.2, 0.25) is 11.1 Å². The molecule has 0 aliphatic carbocycles. The van der Waals surface area contributed by atoms with Crippen molar-refractivity contribution < 1.29 is 9.53 Å². The summed E-state index contributed by atoms with van der Waals surface area (Å²) in [5, 5.41) is 11.2. The van der Waals surface area contributed by atoms with Crippen molar-refractivity contribution in [3.05, 3.63) is 59.1 Å². The van der Waals surface area contributed by atoms with E-state index in [4.69, 9.17) is 16.3 Å². The van der Waals surface area contributed by atoms with Crippen LogP contribution >= 0.6 is 23.4 Å². The molecule has 156 valence electrons. The smallest absolute Gasteiger partial charge is 0.234 e. The van der Waals surface area contributed by atoms with Gasteiger partial charge in [-0.2, -0.15) is 0 Å². The molecule has 0 unspecified atom stereocenters. The summed E-state index contributed by atoms with van der Waals surface area (Å²) in [6, 6.07) is 15.3. The Bertz CT molecular complexity index is 972. The summed E-state index contributed by atoms with van der Waals surface area (Å²) in [5.74, 6) is 0.775. The van der Waals surface area contributed by atoms with Gasteiger partial charge in [0.05, 0.1) is 19.0 Å². The topological polar surface area (TPSA) is 83.1 Å². The van der Waals surface area contributed by atoms with E-state index < -0.39 is 0 Å². The van der Waals surface area contributed by atoms with Gasteiger partial charge in [-0.05, 0) is 42.0 Å². The molecule has 0 spiro atoms. The lowest BCUT2D eigenvalue weighted by Crippen LogP contribution is -2.35. The Labute approximate surface area is 184 Å². The number of H-pyrrole nitrogens is 1. The molecule has 1 aromatic heterocycles. The van der Waals surface area contributed by atoms with E-state index in [1.165, 1.54) is 17.3 Å². The number of thioether (sulfide) groups is 1. The van der Waals surface area contributed by atoms with Crippen LogP contribution in [0.2, 0.25) is 5.02 Å². The first kappa shape index (κ1) is 20.9. The number of rotatable bonds is 7. The number of aromatic nitrogens is 3. The van der Waals surface area contributed by atoms with Crippen molar-refractivity contribution in [1.29, 1.82) is 0 Å². The first-order valence-corrected chi connectivity index (χ1v) is 11.0. The monoisotopic (exact) mass is 443 g/mol. The van der Waals surface area contributed by atoms with Gasteiger partial charge in [0.1, 0.15) is 0 Å². The van der Waals surface area contributed by atoms with Crippen LogP contribution in [-0.4, -0.2) is 58.0 Å². The van der Waals surface area contributed by atoms with Crippen molar-refractivity contribution in [2.45, 2.75) is 11.7 Å². The number of hydrogen-bond acceptors (Lipinski definition) is 6. The van der Waals surface area contributed by atoms with Crippen molar-refractivity contribution in [3.8, 4) is 11.4 Å². The largest absolute Gasteiger partial charge is 0.379 e. The molecule has 1 aliphatic heterocycles. The van der Waals surface area contributed by atoms with E-state index in [2.05, 4.69) is 25.4 Å². The fourth-order valence-corrected chi connectivity index (χ4v) is 3.81. The number of nitrogens with one attached hydrogen (secondary N) is 2. The third-order valence-electron chi connectivity index (χ3n) is 4.66. The quantitative estimate of drug-likeness (QED) is 0.542. The number of anilines is 1. The Morgan fingerprint density at radius 1 is 1.13 bits per heavy atom. The van der Waals surface area contributed by atoms with Crippen molar-refractivity contribution in [1.82, 2.24) is 20.1 Å². The van der Waals surface area contributed by atoms with E-state index in [0.717, 1.165) is 44.1 Å². The fraction of sp³-hybridized carbons (Fsp3) is 0.286. The number of nitrogens with zero attached hydrogens (tertiary/aromatic N) is 3. The van der Waals surface area contributed by atoms with Crippen LogP contribution in [0.3, 0.4) is 0 Å². The predicted octanol–water partition coefficient (Wildman–Crippen LogP) is 3.69. The molecule has 2 aromatic carbocycles. The lowest BCUT2D eigenvalue weighted by atomic mass is 10.2. The predicted molar refractivity (Wildman–Crippen MR) is 119 cm³/mol. The lowest BCUT2D eigenvalue weighted by molar-refractivity contribution is -0.113. The van der Waals surface area contributed by atoms with Gasteiger partial charge in [-0.25, -0.2) is 4.98 Å². The van der Waals surface area contributed by atoms with Crippen molar-refractivity contribution >= 4 is 35.0 Å². The number of benzene rings is 2. The molecule has 0 atom stereocenters. The average Bonchev–Trinajstić information content (AvgIpc) is 3.24. The highest BCUT2D eigenvalue weighted by molar-refractivity contribution is 7.99. The maximum absolute atomic E-state index is 12.3. The van der Waals surface area contributed by atoms with E-state index >= 15 is 0 Å². The van der Waals surface area contributed by atoms with Crippen LogP contribution in [-0.2, 0) is 16.1 Å². The van der Waals surface area contributed by atoms with E-state index in [1.807, 2.05) is 36.4 Å². The van der Waals surface area contributed by atoms with E-state index in [0.29, 0.717) is 16.0 Å². The fourth-order valence-electron chi connectivity index (χ4n) is 3.09. The van der Waals surface area contributed by atoms with Crippen LogP contribution < -0.4 is 5.32 Å². The molecule has 1 saturated heterocycles. The molecular formula is C21H22ClN5O2S. The summed E-state index contributed by atoms with van der Waals surface area (Å²) < 4.78 is 5.38. The number of hydrogen-bond donors (Lipinski definition) is 2. The summed E-state index contributed by atoms with van der Waals surface area (Å²) in [5.41, 5.74) is 2.89. The summed E-state index contributed by atoms with van der Waals surface area (Å²) in [6.07, 6.45) is 0. The van der Waals surface area contributed by atoms with Gasteiger partial charge in [0.25, 0.3) is 0 Å². The van der Waals surface area contributed by atoms with Crippen LogP contribution in [0.25, 0.3) is 11.4 Å². The van der Waals surface area contributed by atoms with Crippen LogP contribution in [0.5, 0.6) is 0 Å². The number of amides is 1. The minimum atomic E-state index is -0.0984. The summed E-state index contributed by atoms with van der Waals surface area (Å²) >= 11 is 7.19. The third-order valence-corrected chi connectivity index (χ3v) is 5.76. The molecule has 9 heteroatoms. The zero-order valence-electron chi connectivity index (χ0n) is 16.3. The molecule has 7 nitrogen and oxygen atoms in total.